The molecule has 0 bridgehead atoms. The monoisotopic (exact) mass is 244 g/mol. The highest BCUT2D eigenvalue weighted by atomic mass is 19.3. The van der Waals surface area contributed by atoms with Crippen molar-refractivity contribution in [2.24, 2.45) is 11.8 Å². The first kappa shape index (κ1) is 11.8. The number of rotatable bonds is 3. The van der Waals surface area contributed by atoms with E-state index in [1.54, 1.807) is 0 Å². The van der Waals surface area contributed by atoms with Gasteiger partial charge in [0.05, 0.1) is 0 Å². The van der Waals surface area contributed by atoms with E-state index in [0.717, 1.165) is 6.07 Å². The van der Waals surface area contributed by atoms with E-state index >= 15 is 0 Å². The Bertz CT molecular complexity index is 521. The summed E-state index contributed by atoms with van der Waals surface area (Å²) in [6, 6.07) is 1.12. The molecule has 0 unspecified atom stereocenters. The average Bonchev–Trinajstić information content (AvgIpc) is 2.94. The highest BCUT2D eigenvalue weighted by Gasteiger charge is 2.50. The van der Waals surface area contributed by atoms with Gasteiger partial charge in [-0.25, -0.2) is 13.6 Å². The summed E-state index contributed by atoms with van der Waals surface area (Å²) in [5, 5.41) is 9.48. The van der Waals surface area contributed by atoms with Gasteiger partial charge in [0, 0.05) is 17.9 Å². The lowest BCUT2D eigenvalue weighted by Gasteiger charge is -2.02. The summed E-state index contributed by atoms with van der Waals surface area (Å²) in [6.07, 6.45) is -2.54. The molecule has 1 aliphatic rings. The Morgan fingerprint density at radius 3 is 2.71 bits per heavy atom. The van der Waals surface area contributed by atoms with E-state index in [2.05, 4.69) is 4.42 Å². The molecule has 2 atom stereocenters. The van der Waals surface area contributed by atoms with Crippen molar-refractivity contribution >= 4 is 5.78 Å². The second kappa shape index (κ2) is 3.94. The fourth-order valence-corrected chi connectivity index (χ4v) is 1.80. The SMILES string of the molecule is Cc1cc(O)c(C(=O)[C@@H]2C[C@H]2C(F)F)c(=O)o1. The second-order valence-corrected chi connectivity index (χ2v) is 4.11. The summed E-state index contributed by atoms with van der Waals surface area (Å²) < 4.78 is 29.2. The number of aryl methyl sites for hydroxylation is 1. The summed E-state index contributed by atoms with van der Waals surface area (Å²) in [6.45, 7) is 1.44. The van der Waals surface area contributed by atoms with Crippen LogP contribution in [0.5, 0.6) is 5.75 Å². The third-order valence-electron chi connectivity index (χ3n) is 2.80. The number of hydrogen-bond donors (Lipinski definition) is 1. The van der Waals surface area contributed by atoms with Crippen LogP contribution < -0.4 is 5.63 Å². The van der Waals surface area contributed by atoms with Crippen molar-refractivity contribution in [1.82, 2.24) is 0 Å². The Labute approximate surface area is 94.9 Å². The molecule has 0 amide bonds. The van der Waals surface area contributed by atoms with Crippen LogP contribution >= 0.6 is 0 Å². The van der Waals surface area contributed by atoms with Gasteiger partial charge in [-0.3, -0.25) is 4.79 Å². The van der Waals surface area contributed by atoms with E-state index in [4.69, 9.17) is 0 Å². The quantitative estimate of drug-likeness (QED) is 0.822. The maximum atomic E-state index is 12.3. The summed E-state index contributed by atoms with van der Waals surface area (Å²) in [4.78, 5) is 23.1. The van der Waals surface area contributed by atoms with Crippen LogP contribution in [-0.4, -0.2) is 17.3 Å². The zero-order chi connectivity index (χ0) is 12.7. The molecule has 0 aliphatic heterocycles. The zero-order valence-electron chi connectivity index (χ0n) is 8.94. The number of hydrogen-bond acceptors (Lipinski definition) is 4. The van der Waals surface area contributed by atoms with Crippen LogP contribution in [0.15, 0.2) is 15.3 Å². The molecular weight excluding hydrogens is 234 g/mol. The van der Waals surface area contributed by atoms with Crippen LogP contribution in [0, 0.1) is 18.8 Å². The predicted molar refractivity (Wildman–Crippen MR) is 53.3 cm³/mol. The van der Waals surface area contributed by atoms with E-state index in [1.165, 1.54) is 6.92 Å². The maximum absolute atomic E-state index is 12.3. The molecule has 4 nitrogen and oxygen atoms in total. The first-order valence-corrected chi connectivity index (χ1v) is 5.08. The van der Waals surface area contributed by atoms with Crippen molar-refractivity contribution in [2.45, 2.75) is 19.8 Å². The highest BCUT2D eigenvalue weighted by Crippen LogP contribution is 2.45. The van der Waals surface area contributed by atoms with Gasteiger partial charge < -0.3 is 9.52 Å². The van der Waals surface area contributed by atoms with Gasteiger partial charge in [-0.15, -0.1) is 0 Å². The molecule has 0 radical (unpaired) electrons. The molecule has 1 aromatic rings. The summed E-state index contributed by atoms with van der Waals surface area (Å²) in [7, 11) is 0. The number of carbonyl (C=O) groups excluding carboxylic acids is 1. The summed E-state index contributed by atoms with van der Waals surface area (Å²) in [5.41, 5.74) is -1.50. The smallest absolute Gasteiger partial charge is 0.350 e. The molecule has 1 aliphatic carbocycles. The molecule has 17 heavy (non-hydrogen) atoms. The van der Waals surface area contributed by atoms with Gasteiger partial charge in [0.15, 0.2) is 5.78 Å². The highest BCUT2D eigenvalue weighted by molar-refractivity contribution is 6.01. The standard InChI is InChI=1S/C11H10F2O4/c1-4-2-7(14)8(11(16)17-4)9(15)5-3-6(5)10(12)13/h2,5-6,10,14H,3H2,1H3/t5-,6-/m1/s1. The lowest BCUT2D eigenvalue weighted by Crippen LogP contribution is -2.17. The fraction of sp³-hybridized carbons (Fsp3) is 0.455. The van der Waals surface area contributed by atoms with Crippen molar-refractivity contribution in [3.63, 3.8) is 0 Å². The van der Waals surface area contributed by atoms with Crippen LogP contribution in [0.2, 0.25) is 0 Å². The van der Waals surface area contributed by atoms with Crippen molar-refractivity contribution in [3.8, 4) is 5.75 Å². The van der Waals surface area contributed by atoms with Crippen LogP contribution in [0.3, 0.4) is 0 Å². The third kappa shape index (κ3) is 2.07. The van der Waals surface area contributed by atoms with Gasteiger partial charge in [-0.2, -0.15) is 0 Å². The molecule has 2 rings (SSSR count). The van der Waals surface area contributed by atoms with E-state index < -0.39 is 41.0 Å². The summed E-state index contributed by atoms with van der Waals surface area (Å²) >= 11 is 0. The first-order valence-electron chi connectivity index (χ1n) is 5.08. The molecule has 1 fully saturated rings. The Kier molecular flexibility index (Phi) is 2.73. The molecule has 6 heteroatoms. The van der Waals surface area contributed by atoms with Gasteiger partial charge in [0.2, 0.25) is 6.43 Å². The van der Waals surface area contributed by atoms with Gasteiger partial charge in [-0.1, -0.05) is 0 Å². The van der Waals surface area contributed by atoms with E-state index in [-0.39, 0.29) is 12.2 Å². The van der Waals surface area contributed by atoms with E-state index in [9.17, 15) is 23.5 Å². The van der Waals surface area contributed by atoms with Crippen molar-refractivity contribution < 1.29 is 23.1 Å². The van der Waals surface area contributed by atoms with E-state index in [1.807, 2.05) is 0 Å². The zero-order valence-corrected chi connectivity index (χ0v) is 8.94. The van der Waals surface area contributed by atoms with Crippen LogP contribution in [-0.2, 0) is 0 Å². The Hall–Kier alpha value is -1.72. The fourth-order valence-electron chi connectivity index (χ4n) is 1.80. The number of carbonyl (C=O) groups is 1. The topological polar surface area (TPSA) is 67.5 Å². The van der Waals surface area contributed by atoms with Crippen LogP contribution in [0.25, 0.3) is 0 Å². The molecule has 1 heterocycles. The second-order valence-electron chi connectivity index (χ2n) is 4.11. The molecule has 0 spiro atoms. The number of Topliss-reactive ketones (excluding diaryl/α,β-unsaturated/α-hetero) is 1. The number of aromatic hydroxyl groups is 1. The average molecular weight is 244 g/mol. The number of ketones is 1. The normalized spacial score (nSPS) is 22.8. The predicted octanol–water partition coefficient (Wildman–Crippen LogP) is 1.74. The lowest BCUT2D eigenvalue weighted by atomic mass is 10.1. The molecule has 1 N–H and O–H groups in total. The van der Waals surface area contributed by atoms with E-state index in [0.29, 0.717) is 0 Å². The Morgan fingerprint density at radius 2 is 2.24 bits per heavy atom. The number of halogens is 2. The van der Waals surface area contributed by atoms with Gasteiger partial charge >= 0.3 is 5.63 Å². The first-order chi connectivity index (χ1) is 7.91. The van der Waals surface area contributed by atoms with Gasteiger partial charge in [-0.05, 0) is 13.3 Å². The molecule has 92 valence electrons. The molecule has 1 saturated carbocycles. The van der Waals surface area contributed by atoms with Gasteiger partial charge in [0.1, 0.15) is 17.1 Å². The van der Waals surface area contributed by atoms with Gasteiger partial charge in [0.25, 0.3) is 0 Å². The molecule has 0 aromatic carbocycles. The minimum Gasteiger partial charge on any atom is -0.507 e. The van der Waals surface area contributed by atoms with Crippen molar-refractivity contribution in [2.75, 3.05) is 0 Å². The minimum atomic E-state index is -2.58. The van der Waals surface area contributed by atoms with Crippen molar-refractivity contribution in [3.05, 3.63) is 27.8 Å². The molecular formula is C11H10F2O4. The minimum absolute atomic E-state index is 0.0449. The molecule has 0 saturated heterocycles. The Balaban J connectivity index is 2.31. The van der Waals surface area contributed by atoms with Crippen LogP contribution in [0.4, 0.5) is 8.78 Å². The summed E-state index contributed by atoms with van der Waals surface area (Å²) in [5.74, 6) is -3.01. The van der Waals surface area contributed by atoms with Crippen LogP contribution in [0.1, 0.15) is 22.5 Å². The maximum Gasteiger partial charge on any atom is 0.350 e. The third-order valence-corrected chi connectivity index (χ3v) is 2.80. The Morgan fingerprint density at radius 1 is 1.59 bits per heavy atom. The van der Waals surface area contributed by atoms with Crippen molar-refractivity contribution in [1.29, 1.82) is 0 Å². The lowest BCUT2D eigenvalue weighted by molar-refractivity contribution is 0.0873. The molecule has 1 aromatic heterocycles. The number of alkyl halides is 2. The largest absolute Gasteiger partial charge is 0.507 e.